The number of aryl methyl sites for hydroxylation is 1. The highest BCUT2D eigenvalue weighted by molar-refractivity contribution is 5.91. The van der Waals surface area contributed by atoms with E-state index in [1.807, 2.05) is 13.0 Å². The number of nitrogen functional groups attached to an aromatic ring is 2. The molecule has 13 heavy (non-hydrogen) atoms. The third-order valence-electron chi connectivity index (χ3n) is 1.89. The number of hydrogen-bond acceptors (Lipinski definition) is 4. The largest absolute Gasteiger partial charge is 0.384 e. The normalized spacial score (nSPS) is 10.5. The summed E-state index contributed by atoms with van der Waals surface area (Å²) in [6, 6.07) is 3.73. The molecule has 0 radical (unpaired) electrons. The van der Waals surface area contributed by atoms with Crippen LogP contribution in [0.5, 0.6) is 0 Å². The van der Waals surface area contributed by atoms with Gasteiger partial charge in [-0.2, -0.15) is 0 Å². The molecule has 4 N–H and O–H groups in total. The summed E-state index contributed by atoms with van der Waals surface area (Å²) in [6.07, 6.45) is 1.65. The van der Waals surface area contributed by atoms with Gasteiger partial charge in [0.15, 0.2) is 0 Å². The third-order valence-corrected chi connectivity index (χ3v) is 1.89. The lowest BCUT2D eigenvalue weighted by Gasteiger charge is -2.02. The van der Waals surface area contributed by atoms with Gasteiger partial charge in [0.1, 0.15) is 11.6 Å². The predicted molar refractivity (Wildman–Crippen MR) is 53.1 cm³/mol. The molecule has 0 aromatic carbocycles. The minimum Gasteiger partial charge on any atom is -0.384 e. The maximum atomic E-state index is 5.72. The van der Waals surface area contributed by atoms with E-state index in [1.165, 1.54) is 0 Å². The lowest BCUT2D eigenvalue weighted by Crippen LogP contribution is -1.96. The zero-order valence-electron chi connectivity index (χ0n) is 7.28. The van der Waals surface area contributed by atoms with Gasteiger partial charge in [-0.05, 0) is 24.4 Å². The fourth-order valence-electron chi connectivity index (χ4n) is 1.33. The Morgan fingerprint density at radius 1 is 1.23 bits per heavy atom. The van der Waals surface area contributed by atoms with Gasteiger partial charge in [-0.15, -0.1) is 0 Å². The van der Waals surface area contributed by atoms with E-state index >= 15 is 0 Å². The molecule has 2 heterocycles. The molecule has 2 aromatic heterocycles. The van der Waals surface area contributed by atoms with Gasteiger partial charge < -0.3 is 11.5 Å². The summed E-state index contributed by atoms with van der Waals surface area (Å²) in [7, 11) is 0. The quantitative estimate of drug-likeness (QED) is 0.627. The van der Waals surface area contributed by atoms with Crippen LogP contribution in [0.3, 0.4) is 0 Å². The van der Waals surface area contributed by atoms with Crippen molar-refractivity contribution in [1.29, 1.82) is 0 Å². The van der Waals surface area contributed by atoms with E-state index in [0.29, 0.717) is 11.6 Å². The number of hydrogen-bond donors (Lipinski definition) is 2. The van der Waals surface area contributed by atoms with E-state index in [2.05, 4.69) is 9.97 Å². The van der Waals surface area contributed by atoms with Crippen molar-refractivity contribution in [3.8, 4) is 0 Å². The van der Waals surface area contributed by atoms with Gasteiger partial charge in [0.2, 0.25) is 0 Å². The van der Waals surface area contributed by atoms with Crippen molar-refractivity contribution in [3.63, 3.8) is 0 Å². The summed E-state index contributed by atoms with van der Waals surface area (Å²) in [5.41, 5.74) is 12.2. The van der Waals surface area contributed by atoms with Gasteiger partial charge in [-0.25, -0.2) is 9.97 Å². The van der Waals surface area contributed by atoms with E-state index in [-0.39, 0.29) is 0 Å². The van der Waals surface area contributed by atoms with Crippen LogP contribution in [0.15, 0.2) is 18.3 Å². The molecule has 0 amide bonds. The highest BCUT2D eigenvalue weighted by atomic mass is 14.9. The Morgan fingerprint density at radius 2 is 2.00 bits per heavy atom. The second-order valence-corrected chi connectivity index (χ2v) is 2.98. The highest BCUT2D eigenvalue weighted by Gasteiger charge is 2.01. The molecule has 4 heteroatoms. The molecule has 2 rings (SSSR count). The molecule has 0 aliphatic heterocycles. The molecule has 66 valence electrons. The molecular formula is C9H10N4. The van der Waals surface area contributed by atoms with Crippen LogP contribution in [0.1, 0.15) is 5.69 Å². The molecular weight excluding hydrogens is 164 g/mol. The maximum Gasteiger partial charge on any atom is 0.133 e. The Labute approximate surface area is 75.6 Å². The standard InChI is InChI=1S/C9H10N4/c1-5-2-6-3-8(10)12-4-7(6)9(11)13-5/h2-4H,1H3,(H2,10,12)(H2,11,13). The van der Waals surface area contributed by atoms with Gasteiger partial charge in [0.05, 0.1) is 0 Å². The van der Waals surface area contributed by atoms with Crippen LogP contribution < -0.4 is 11.5 Å². The summed E-state index contributed by atoms with van der Waals surface area (Å²) in [5, 5.41) is 1.83. The first-order valence-corrected chi connectivity index (χ1v) is 3.95. The number of rotatable bonds is 0. The smallest absolute Gasteiger partial charge is 0.133 e. The van der Waals surface area contributed by atoms with E-state index < -0.39 is 0 Å². The predicted octanol–water partition coefficient (Wildman–Crippen LogP) is 1.10. The molecule has 0 unspecified atom stereocenters. The van der Waals surface area contributed by atoms with Crippen LogP contribution in [-0.2, 0) is 0 Å². The fraction of sp³-hybridized carbons (Fsp3) is 0.111. The summed E-state index contributed by atoms with van der Waals surface area (Å²) in [5.74, 6) is 1.00. The van der Waals surface area contributed by atoms with Crippen LogP contribution in [0.25, 0.3) is 10.8 Å². The molecule has 0 saturated carbocycles. The number of aromatic nitrogens is 2. The van der Waals surface area contributed by atoms with E-state index in [0.717, 1.165) is 16.5 Å². The Kier molecular flexibility index (Phi) is 1.55. The van der Waals surface area contributed by atoms with Crippen molar-refractivity contribution in [2.75, 3.05) is 11.5 Å². The molecule has 0 saturated heterocycles. The number of pyridine rings is 2. The van der Waals surface area contributed by atoms with Crippen LogP contribution in [0.2, 0.25) is 0 Å². The summed E-state index contributed by atoms with van der Waals surface area (Å²) in [6.45, 7) is 1.90. The number of nitrogens with two attached hydrogens (primary N) is 2. The molecule has 0 aliphatic carbocycles. The first kappa shape index (κ1) is 7.79. The first-order chi connectivity index (χ1) is 6.16. The molecule has 4 nitrogen and oxygen atoms in total. The lowest BCUT2D eigenvalue weighted by atomic mass is 10.2. The van der Waals surface area contributed by atoms with Gasteiger partial charge in [-0.1, -0.05) is 0 Å². The molecule has 0 fully saturated rings. The van der Waals surface area contributed by atoms with Crippen molar-refractivity contribution < 1.29 is 0 Å². The number of anilines is 2. The Morgan fingerprint density at radius 3 is 2.77 bits per heavy atom. The summed E-state index contributed by atoms with van der Waals surface area (Å²) in [4.78, 5) is 8.08. The lowest BCUT2D eigenvalue weighted by molar-refractivity contribution is 1.23. The van der Waals surface area contributed by atoms with Crippen molar-refractivity contribution in [1.82, 2.24) is 9.97 Å². The first-order valence-electron chi connectivity index (χ1n) is 3.95. The van der Waals surface area contributed by atoms with Crippen LogP contribution in [0, 0.1) is 6.92 Å². The Balaban J connectivity index is 2.86. The average molecular weight is 174 g/mol. The molecule has 2 aromatic rings. The number of fused-ring (bicyclic) bond motifs is 1. The van der Waals surface area contributed by atoms with Gasteiger partial charge >= 0.3 is 0 Å². The maximum absolute atomic E-state index is 5.72. The monoisotopic (exact) mass is 174 g/mol. The summed E-state index contributed by atoms with van der Waals surface area (Å²) >= 11 is 0. The van der Waals surface area contributed by atoms with E-state index in [4.69, 9.17) is 11.5 Å². The van der Waals surface area contributed by atoms with E-state index in [9.17, 15) is 0 Å². The average Bonchev–Trinajstić information content (AvgIpc) is 2.02. The zero-order chi connectivity index (χ0) is 9.42. The second kappa shape index (κ2) is 2.58. The van der Waals surface area contributed by atoms with Crippen LogP contribution in [0.4, 0.5) is 11.6 Å². The van der Waals surface area contributed by atoms with Gasteiger partial charge in [0, 0.05) is 17.3 Å². The van der Waals surface area contributed by atoms with E-state index in [1.54, 1.807) is 12.3 Å². The summed E-state index contributed by atoms with van der Waals surface area (Å²) < 4.78 is 0. The molecule has 0 bridgehead atoms. The Bertz CT molecular complexity index is 459. The minimum atomic E-state index is 0.498. The van der Waals surface area contributed by atoms with Crippen molar-refractivity contribution >= 4 is 22.4 Å². The number of nitrogens with zero attached hydrogens (tertiary/aromatic N) is 2. The van der Waals surface area contributed by atoms with Crippen LogP contribution in [-0.4, -0.2) is 9.97 Å². The minimum absolute atomic E-state index is 0.498. The topological polar surface area (TPSA) is 77.8 Å². The molecule has 0 atom stereocenters. The molecule has 0 spiro atoms. The van der Waals surface area contributed by atoms with Crippen LogP contribution >= 0.6 is 0 Å². The highest BCUT2D eigenvalue weighted by Crippen LogP contribution is 2.20. The fourth-order valence-corrected chi connectivity index (χ4v) is 1.33. The zero-order valence-corrected chi connectivity index (χ0v) is 7.28. The second-order valence-electron chi connectivity index (χ2n) is 2.98. The van der Waals surface area contributed by atoms with Gasteiger partial charge in [-0.3, -0.25) is 0 Å². The van der Waals surface area contributed by atoms with Crippen molar-refractivity contribution in [2.45, 2.75) is 6.92 Å². The van der Waals surface area contributed by atoms with Gasteiger partial charge in [0.25, 0.3) is 0 Å². The van der Waals surface area contributed by atoms with Crippen molar-refractivity contribution in [3.05, 3.63) is 24.0 Å². The molecule has 0 aliphatic rings. The third kappa shape index (κ3) is 1.26. The van der Waals surface area contributed by atoms with Crippen molar-refractivity contribution in [2.24, 2.45) is 0 Å². The Hall–Kier alpha value is -1.84. The SMILES string of the molecule is Cc1cc2cc(N)ncc2c(N)n1.